The van der Waals surface area contributed by atoms with Crippen molar-refractivity contribution in [3.05, 3.63) is 59.7 Å². The van der Waals surface area contributed by atoms with Crippen LogP contribution in [-0.4, -0.2) is 37.7 Å². The van der Waals surface area contributed by atoms with Crippen LogP contribution in [0.15, 0.2) is 42.5 Å². The minimum Gasteiger partial charge on any atom is -0.491 e. The zero-order valence-electron chi connectivity index (χ0n) is 15.0. The first kappa shape index (κ1) is 19.8. The van der Waals surface area contributed by atoms with Crippen LogP contribution in [0.25, 0.3) is 0 Å². The number of benzene rings is 2. The van der Waals surface area contributed by atoms with Crippen LogP contribution in [0.4, 0.5) is 14.5 Å². The van der Waals surface area contributed by atoms with Gasteiger partial charge in [-0.05, 0) is 37.1 Å². The second-order valence-corrected chi connectivity index (χ2v) is 6.33. The van der Waals surface area contributed by atoms with Crippen molar-refractivity contribution in [3.8, 4) is 5.75 Å². The van der Waals surface area contributed by atoms with Gasteiger partial charge >= 0.3 is 0 Å². The van der Waals surface area contributed by atoms with Crippen LogP contribution in [0.2, 0.25) is 0 Å². The van der Waals surface area contributed by atoms with Gasteiger partial charge in [-0.15, -0.1) is 0 Å². The summed E-state index contributed by atoms with van der Waals surface area (Å²) in [6.45, 7) is 0.824. The highest BCUT2D eigenvalue weighted by molar-refractivity contribution is 5.99. The van der Waals surface area contributed by atoms with E-state index in [1.807, 2.05) is 0 Å². The highest BCUT2D eigenvalue weighted by atomic mass is 19.1. The van der Waals surface area contributed by atoms with Crippen molar-refractivity contribution in [2.24, 2.45) is 0 Å². The fourth-order valence-corrected chi connectivity index (χ4v) is 2.76. The third-order valence-corrected chi connectivity index (χ3v) is 4.16. The van der Waals surface area contributed by atoms with E-state index in [2.05, 4.69) is 10.6 Å². The Balaban J connectivity index is 1.48. The lowest BCUT2D eigenvalue weighted by Gasteiger charge is -2.13. The average molecular weight is 390 g/mol. The van der Waals surface area contributed by atoms with Gasteiger partial charge in [-0.1, -0.05) is 6.07 Å². The smallest absolute Gasteiger partial charge is 0.254 e. The lowest BCUT2D eigenvalue weighted by Crippen LogP contribution is -2.33. The summed E-state index contributed by atoms with van der Waals surface area (Å²) in [5.74, 6) is -2.48. The SMILES string of the molecule is O=C(CNC(=O)c1ccc(F)cc1F)Nc1cccc(OCC2CCCO2)c1. The Morgan fingerprint density at radius 2 is 2.04 bits per heavy atom. The molecule has 0 bridgehead atoms. The first-order valence-electron chi connectivity index (χ1n) is 8.89. The summed E-state index contributed by atoms with van der Waals surface area (Å²) in [4.78, 5) is 23.9. The monoisotopic (exact) mass is 390 g/mol. The van der Waals surface area contributed by atoms with E-state index in [1.165, 1.54) is 0 Å². The molecule has 6 nitrogen and oxygen atoms in total. The average Bonchev–Trinajstić information content (AvgIpc) is 3.18. The molecule has 1 aliphatic rings. The van der Waals surface area contributed by atoms with Crippen LogP contribution in [0.3, 0.4) is 0 Å². The van der Waals surface area contributed by atoms with Crippen LogP contribution >= 0.6 is 0 Å². The molecule has 1 atom stereocenters. The summed E-state index contributed by atoms with van der Waals surface area (Å²) in [5.41, 5.74) is 0.163. The standard InChI is InChI=1S/C20H20F2N2O4/c21-13-6-7-17(18(22)9-13)20(26)23-11-19(25)24-14-3-1-4-15(10-14)28-12-16-5-2-8-27-16/h1,3-4,6-7,9-10,16H,2,5,8,11-12H2,(H,23,26)(H,24,25). The van der Waals surface area contributed by atoms with Crippen LogP contribution < -0.4 is 15.4 Å². The zero-order chi connectivity index (χ0) is 19.9. The summed E-state index contributed by atoms with van der Waals surface area (Å²) in [5, 5.41) is 4.92. The Bertz CT molecular complexity index is 854. The lowest BCUT2D eigenvalue weighted by molar-refractivity contribution is -0.115. The van der Waals surface area contributed by atoms with Crippen molar-refractivity contribution in [2.75, 3.05) is 25.1 Å². The molecular formula is C20H20F2N2O4. The van der Waals surface area contributed by atoms with Crippen LogP contribution in [-0.2, 0) is 9.53 Å². The van der Waals surface area contributed by atoms with E-state index in [0.717, 1.165) is 31.6 Å². The molecule has 1 unspecified atom stereocenters. The van der Waals surface area contributed by atoms with Gasteiger partial charge in [0.25, 0.3) is 5.91 Å². The van der Waals surface area contributed by atoms with Gasteiger partial charge in [-0.2, -0.15) is 0 Å². The number of hydrogen-bond acceptors (Lipinski definition) is 4. The molecule has 1 fully saturated rings. The Labute approximate surface area is 160 Å². The maximum absolute atomic E-state index is 13.6. The number of hydrogen-bond donors (Lipinski definition) is 2. The Morgan fingerprint density at radius 1 is 1.18 bits per heavy atom. The van der Waals surface area contributed by atoms with E-state index in [4.69, 9.17) is 9.47 Å². The largest absolute Gasteiger partial charge is 0.491 e. The van der Waals surface area contributed by atoms with Crippen molar-refractivity contribution in [1.82, 2.24) is 5.32 Å². The molecule has 0 spiro atoms. The molecule has 0 saturated carbocycles. The molecule has 3 rings (SSSR count). The highest BCUT2D eigenvalue weighted by Gasteiger charge is 2.16. The fraction of sp³-hybridized carbons (Fsp3) is 0.300. The minimum atomic E-state index is -0.992. The van der Waals surface area contributed by atoms with E-state index in [-0.39, 0.29) is 18.2 Å². The molecule has 2 amide bonds. The highest BCUT2D eigenvalue weighted by Crippen LogP contribution is 2.19. The maximum Gasteiger partial charge on any atom is 0.254 e. The normalized spacial score (nSPS) is 15.9. The Hall–Kier alpha value is -3.00. The Kier molecular flexibility index (Phi) is 6.54. The van der Waals surface area contributed by atoms with Gasteiger partial charge in [0, 0.05) is 24.4 Å². The molecule has 2 aromatic rings. The maximum atomic E-state index is 13.6. The molecule has 1 saturated heterocycles. The van der Waals surface area contributed by atoms with Crippen molar-refractivity contribution in [3.63, 3.8) is 0 Å². The van der Waals surface area contributed by atoms with E-state index >= 15 is 0 Å². The van der Waals surface area contributed by atoms with Crippen molar-refractivity contribution < 1.29 is 27.8 Å². The quantitative estimate of drug-likeness (QED) is 0.762. The molecule has 8 heteroatoms. The summed E-state index contributed by atoms with van der Waals surface area (Å²) in [7, 11) is 0. The van der Waals surface area contributed by atoms with Gasteiger partial charge in [0.2, 0.25) is 5.91 Å². The first-order valence-corrected chi connectivity index (χ1v) is 8.89. The van der Waals surface area contributed by atoms with E-state index < -0.39 is 23.4 Å². The molecule has 0 aliphatic carbocycles. The van der Waals surface area contributed by atoms with E-state index in [1.54, 1.807) is 24.3 Å². The van der Waals surface area contributed by atoms with Crippen molar-refractivity contribution >= 4 is 17.5 Å². The molecule has 2 aromatic carbocycles. The van der Waals surface area contributed by atoms with Crippen LogP contribution in [0.1, 0.15) is 23.2 Å². The summed E-state index contributed by atoms with van der Waals surface area (Å²) < 4.78 is 37.6. The van der Waals surface area contributed by atoms with E-state index in [0.29, 0.717) is 24.1 Å². The first-order chi connectivity index (χ1) is 13.5. The number of amides is 2. The second-order valence-electron chi connectivity index (χ2n) is 6.33. The van der Waals surface area contributed by atoms with Crippen LogP contribution in [0.5, 0.6) is 5.75 Å². The van der Waals surface area contributed by atoms with Crippen LogP contribution in [0, 0.1) is 11.6 Å². The molecule has 148 valence electrons. The van der Waals surface area contributed by atoms with Gasteiger partial charge in [-0.3, -0.25) is 9.59 Å². The molecule has 28 heavy (non-hydrogen) atoms. The third-order valence-electron chi connectivity index (χ3n) is 4.16. The predicted octanol–water partition coefficient (Wildman–Crippen LogP) is 2.89. The summed E-state index contributed by atoms with van der Waals surface area (Å²) in [6, 6.07) is 9.44. The van der Waals surface area contributed by atoms with Gasteiger partial charge < -0.3 is 20.1 Å². The number of nitrogens with one attached hydrogen (secondary N) is 2. The molecule has 1 aliphatic heterocycles. The summed E-state index contributed by atoms with van der Waals surface area (Å²) >= 11 is 0. The predicted molar refractivity (Wildman–Crippen MR) is 98.2 cm³/mol. The number of rotatable bonds is 7. The third kappa shape index (κ3) is 5.50. The zero-order valence-corrected chi connectivity index (χ0v) is 15.0. The second kappa shape index (κ2) is 9.27. The number of anilines is 1. The lowest BCUT2D eigenvalue weighted by atomic mass is 10.2. The topological polar surface area (TPSA) is 76.7 Å². The van der Waals surface area contributed by atoms with E-state index in [9.17, 15) is 18.4 Å². The number of ether oxygens (including phenoxy) is 2. The fourth-order valence-electron chi connectivity index (χ4n) is 2.76. The van der Waals surface area contributed by atoms with Gasteiger partial charge in [0.05, 0.1) is 18.2 Å². The number of carbonyl (C=O) groups excluding carboxylic acids is 2. The van der Waals surface area contributed by atoms with Crippen molar-refractivity contribution in [2.45, 2.75) is 18.9 Å². The molecule has 0 aromatic heterocycles. The molecule has 2 N–H and O–H groups in total. The van der Waals surface area contributed by atoms with Gasteiger partial charge in [0.15, 0.2) is 0 Å². The number of carbonyl (C=O) groups is 2. The molecular weight excluding hydrogens is 370 g/mol. The number of halogens is 2. The Morgan fingerprint density at radius 3 is 2.79 bits per heavy atom. The minimum absolute atomic E-state index is 0.0836. The molecule has 0 radical (unpaired) electrons. The van der Waals surface area contributed by atoms with Gasteiger partial charge in [0.1, 0.15) is 24.0 Å². The summed E-state index contributed by atoms with van der Waals surface area (Å²) in [6.07, 6.45) is 2.07. The van der Waals surface area contributed by atoms with Crippen molar-refractivity contribution in [1.29, 1.82) is 0 Å². The molecule has 1 heterocycles. The van der Waals surface area contributed by atoms with Gasteiger partial charge in [-0.25, -0.2) is 8.78 Å².